The van der Waals surface area contributed by atoms with Gasteiger partial charge in [0.25, 0.3) is 5.56 Å². The predicted octanol–water partition coefficient (Wildman–Crippen LogP) is 1.07. The van der Waals surface area contributed by atoms with Gasteiger partial charge in [0.15, 0.2) is 6.23 Å². The van der Waals surface area contributed by atoms with Crippen LogP contribution in [-0.2, 0) is 16.0 Å². The maximum atomic E-state index is 11.8. The van der Waals surface area contributed by atoms with Crippen molar-refractivity contribution in [2.45, 2.75) is 38.3 Å². The standard InChI is InChI=1S/C12H16N2O3/c15-6-3-4-10-8-11(16)14(13-9-10)12-5-1-2-7-17-12/h6,8-9,12H,1-5,7H2. The maximum absolute atomic E-state index is 11.8. The minimum absolute atomic E-state index is 0.153. The first-order chi connectivity index (χ1) is 8.31. The third-order valence-electron chi connectivity index (χ3n) is 2.86. The molecule has 1 aliphatic heterocycles. The molecule has 0 saturated carbocycles. The Morgan fingerprint density at radius 2 is 2.41 bits per heavy atom. The highest BCUT2D eigenvalue weighted by molar-refractivity contribution is 5.49. The number of carbonyl (C=O) groups excluding carboxylic acids is 1. The molecule has 92 valence electrons. The number of rotatable bonds is 4. The van der Waals surface area contributed by atoms with Gasteiger partial charge < -0.3 is 9.53 Å². The van der Waals surface area contributed by atoms with E-state index in [1.165, 1.54) is 10.7 Å². The topological polar surface area (TPSA) is 61.2 Å². The second-order valence-electron chi connectivity index (χ2n) is 4.17. The Balaban J connectivity index is 2.13. The number of hydrogen-bond acceptors (Lipinski definition) is 4. The number of nitrogens with zero attached hydrogens (tertiary/aromatic N) is 2. The molecule has 0 amide bonds. The van der Waals surface area contributed by atoms with Crippen LogP contribution >= 0.6 is 0 Å². The first-order valence-electron chi connectivity index (χ1n) is 5.94. The number of carbonyl (C=O) groups is 1. The first kappa shape index (κ1) is 12.0. The van der Waals surface area contributed by atoms with Gasteiger partial charge in [0, 0.05) is 19.1 Å². The van der Waals surface area contributed by atoms with E-state index in [1.807, 2.05) is 0 Å². The average Bonchev–Trinajstić information content (AvgIpc) is 2.37. The Kier molecular flexibility index (Phi) is 4.03. The Bertz CT molecular complexity index is 436. The summed E-state index contributed by atoms with van der Waals surface area (Å²) in [5, 5.41) is 4.12. The maximum Gasteiger partial charge on any atom is 0.269 e. The fraction of sp³-hybridized carbons (Fsp3) is 0.583. The van der Waals surface area contributed by atoms with Crippen LogP contribution in [0.15, 0.2) is 17.1 Å². The minimum atomic E-state index is -0.226. The smallest absolute Gasteiger partial charge is 0.269 e. The van der Waals surface area contributed by atoms with E-state index in [-0.39, 0.29) is 11.8 Å². The summed E-state index contributed by atoms with van der Waals surface area (Å²) < 4.78 is 6.90. The monoisotopic (exact) mass is 236 g/mol. The molecule has 0 N–H and O–H groups in total. The van der Waals surface area contributed by atoms with E-state index in [9.17, 15) is 9.59 Å². The molecule has 1 aliphatic rings. The Hall–Kier alpha value is -1.49. The molecule has 17 heavy (non-hydrogen) atoms. The molecule has 5 nitrogen and oxygen atoms in total. The van der Waals surface area contributed by atoms with Crippen molar-refractivity contribution in [2.24, 2.45) is 0 Å². The Morgan fingerprint density at radius 3 is 3.06 bits per heavy atom. The van der Waals surface area contributed by atoms with Crippen LogP contribution in [-0.4, -0.2) is 22.7 Å². The highest BCUT2D eigenvalue weighted by Crippen LogP contribution is 2.19. The van der Waals surface area contributed by atoms with Crippen LogP contribution in [0.1, 0.15) is 37.5 Å². The van der Waals surface area contributed by atoms with E-state index < -0.39 is 0 Å². The van der Waals surface area contributed by atoms with Gasteiger partial charge in [-0.15, -0.1) is 0 Å². The van der Waals surface area contributed by atoms with Crippen molar-refractivity contribution in [3.63, 3.8) is 0 Å². The van der Waals surface area contributed by atoms with Gasteiger partial charge in [0.05, 0.1) is 6.20 Å². The summed E-state index contributed by atoms with van der Waals surface area (Å²) in [5.41, 5.74) is 0.648. The lowest BCUT2D eigenvalue weighted by molar-refractivity contribution is -0.107. The SMILES string of the molecule is O=CCCc1cnn(C2CCCCO2)c(=O)c1. The van der Waals surface area contributed by atoms with Crippen LogP contribution in [0.2, 0.25) is 0 Å². The number of aryl methyl sites for hydroxylation is 1. The quantitative estimate of drug-likeness (QED) is 0.734. The number of aromatic nitrogens is 2. The summed E-state index contributed by atoms with van der Waals surface area (Å²) in [7, 11) is 0. The van der Waals surface area contributed by atoms with Crippen molar-refractivity contribution in [1.82, 2.24) is 9.78 Å². The summed E-state index contributed by atoms with van der Waals surface area (Å²) in [4.78, 5) is 22.1. The van der Waals surface area contributed by atoms with Gasteiger partial charge in [-0.2, -0.15) is 5.10 Å². The fourth-order valence-electron chi connectivity index (χ4n) is 1.95. The third kappa shape index (κ3) is 3.00. The van der Waals surface area contributed by atoms with E-state index in [2.05, 4.69) is 5.10 Å². The molecule has 1 atom stereocenters. The molecular weight excluding hydrogens is 220 g/mol. The van der Waals surface area contributed by atoms with E-state index in [4.69, 9.17) is 4.74 Å². The lowest BCUT2D eigenvalue weighted by atomic mass is 10.2. The largest absolute Gasteiger partial charge is 0.356 e. The molecule has 1 fully saturated rings. The van der Waals surface area contributed by atoms with Gasteiger partial charge in [-0.25, -0.2) is 4.68 Å². The lowest BCUT2D eigenvalue weighted by Crippen LogP contribution is -2.30. The fourth-order valence-corrected chi connectivity index (χ4v) is 1.95. The molecule has 1 aromatic heterocycles. The molecule has 0 aromatic carbocycles. The summed E-state index contributed by atoms with van der Waals surface area (Å²) in [5.74, 6) is 0. The summed E-state index contributed by atoms with van der Waals surface area (Å²) >= 11 is 0. The van der Waals surface area contributed by atoms with Gasteiger partial charge in [-0.1, -0.05) is 0 Å². The molecular formula is C12H16N2O3. The van der Waals surface area contributed by atoms with Crippen LogP contribution in [0.5, 0.6) is 0 Å². The Labute approximate surface area is 99.4 Å². The van der Waals surface area contributed by atoms with Crippen molar-refractivity contribution in [3.8, 4) is 0 Å². The van der Waals surface area contributed by atoms with Crippen molar-refractivity contribution in [2.75, 3.05) is 6.61 Å². The minimum Gasteiger partial charge on any atom is -0.356 e. The third-order valence-corrected chi connectivity index (χ3v) is 2.86. The molecule has 0 radical (unpaired) electrons. The normalized spacial score (nSPS) is 20.1. The van der Waals surface area contributed by atoms with E-state index in [0.29, 0.717) is 19.4 Å². The zero-order chi connectivity index (χ0) is 12.1. The molecule has 0 aliphatic carbocycles. The van der Waals surface area contributed by atoms with Gasteiger partial charge in [0.1, 0.15) is 6.29 Å². The van der Waals surface area contributed by atoms with Crippen LogP contribution in [0.4, 0.5) is 0 Å². The van der Waals surface area contributed by atoms with Crippen molar-refractivity contribution < 1.29 is 9.53 Å². The highest BCUT2D eigenvalue weighted by Gasteiger charge is 2.17. The van der Waals surface area contributed by atoms with E-state index in [0.717, 1.165) is 31.1 Å². The van der Waals surface area contributed by atoms with Crippen LogP contribution < -0.4 is 5.56 Å². The number of hydrogen-bond donors (Lipinski definition) is 0. The molecule has 2 heterocycles. The van der Waals surface area contributed by atoms with Crippen LogP contribution in [0.3, 0.4) is 0 Å². The predicted molar refractivity (Wildman–Crippen MR) is 61.7 cm³/mol. The van der Waals surface area contributed by atoms with Crippen LogP contribution in [0.25, 0.3) is 0 Å². The van der Waals surface area contributed by atoms with Gasteiger partial charge in [-0.05, 0) is 31.2 Å². The first-order valence-corrected chi connectivity index (χ1v) is 5.94. The summed E-state index contributed by atoms with van der Waals surface area (Å²) in [6, 6.07) is 1.54. The van der Waals surface area contributed by atoms with Crippen LogP contribution in [0, 0.1) is 0 Å². The highest BCUT2D eigenvalue weighted by atomic mass is 16.5. The number of ether oxygens (including phenoxy) is 1. The van der Waals surface area contributed by atoms with E-state index >= 15 is 0 Å². The zero-order valence-electron chi connectivity index (χ0n) is 9.67. The molecule has 2 rings (SSSR count). The average molecular weight is 236 g/mol. The molecule has 5 heteroatoms. The van der Waals surface area contributed by atoms with Crippen molar-refractivity contribution >= 4 is 6.29 Å². The van der Waals surface area contributed by atoms with Crippen molar-refractivity contribution in [3.05, 3.63) is 28.2 Å². The lowest BCUT2D eigenvalue weighted by Gasteiger charge is -2.23. The molecule has 1 aromatic rings. The van der Waals surface area contributed by atoms with Crippen molar-refractivity contribution in [1.29, 1.82) is 0 Å². The summed E-state index contributed by atoms with van der Waals surface area (Å²) in [6.45, 7) is 0.686. The second-order valence-corrected chi connectivity index (χ2v) is 4.17. The molecule has 1 saturated heterocycles. The molecule has 0 bridgehead atoms. The number of aldehydes is 1. The zero-order valence-corrected chi connectivity index (χ0v) is 9.67. The van der Waals surface area contributed by atoms with Gasteiger partial charge in [-0.3, -0.25) is 4.79 Å². The van der Waals surface area contributed by atoms with E-state index in [1.54, 1.807) is 6.20 Å². The Morgan fingerprint density at radius 1 is 1.53 bits per heavy atom. The molecule has 0 spiro atoms. The van der Waals surface area contributed by atoms with Gasteiger partial charge >= 0.3 is 0 Å². The molecule has 1 unspecified atom stereocenters. The second kappa shape index (κ2) is 5.72. The summed E-state index contributed by atoms with van der Waals surface area (Å²) in [6.07, 6.45) is 6.19. The van der Waals surface area contributed by atoms with Gasteiger partial charge in [0.2, 0.25) is 0 Å².